The van der Waals surface area contributed by atoms with Crippen molar-refractivity contribution < 1.29 is 9.59 Å². The Balaban J connectivity index is 3.66. The molecule has 2 atom stereocenters. The fraction of sp³-hybridized carbons (Fsp3) is 0.800. The average molecular weight is 294 g/mol. The van der Waals surface area contributed by atoms with Crippen molar-refractivity contribution in [2.45, 2.75) is 25.9 Å². The van der Waals surface area contributed by atoms with Gasteiger partial charge in [-0.3, -0.25) is 9.59 Å². The third-order valence-corrected chi connectivity index (χ3v) is 4.43. The van der Waals surface area contributed by atoms with E-state index in [4.69, 9.17) is 11.5 Å². The number of hydrogen-bond acceptors (Lipinski definition) is 6. The topological polar surface area (TPSA) is 110 Å². The summed E-state index contributed by atoms with van der Waals surface area (Å²) in [7, 11) is 2.90. The summed E-state index contributed by atoms with van der Waals surface area (Å²) >= 11 is 0. The van der Waals surface area contributed by atoms with Gasteiger partial charge in [-0.05, 0) is 13.8 Å². The highest BCUT2D eigenvalue weighted by molar-refractivity contribution is 8.76. The van der Waals surface area contributed by atoms with Gasteiger partial charge in [-0.1, -0.05) is 21.6 Å². The summed E-state index contributed by atoms with van der Waals surface area (Å²) in [5.41, 5.74) is 11.3. The van der Waals surface area contributed by atoms with Crippen molar-refractivity contribution in [1.82, 2.24) is 10.6 Å². The first kappa shape index (κ1) is 17.6. The van der Waals surface area contributed by atoms with Crippen LogP contribution >= 0.6 is 21.6 Å². The van der Waals surface area contributed by atoms with Gasteiger partial charge in [-0.25, -0.2) is 0 Å². The number of carbonyl (C=O) groups is 2. The highest BCUT2D eigenvalue weighted by Gasteiger charge is 2.15. The first-order valence-corrected chi connectivity index (χ1v) is 8.32. The van der Waals surface area contributed by atoms with E-state index in [2.05, 4.69) is 10.6 Å². The Morgan fingerprint density at radius 1 is 0.944 bits per heavy atom. The zero-order valence-corrected chi connectivity index (χ0v) is 12.4. The standard InChI is InChI=1S/C10H22N4O2S2/c1-3-13-9(15)7(11)5-17-18-6-8(12)10(16)14-4-2/h7-8H,3-6,11-12H2,1-2H3,(H,13,15)(H,14,16)/t7-,8-/m0/s1. The quantitative estimate of drug-likeness (QED) is 0.330. The number of nitrogens with two attached hydrogens (primary N) is 2. The van der Waals surface area contributed by atoms with Crippen molar-refractivity contribution in [3.63, 3.8) is 0 Å². The van der Waals surface area contributed by atoms with Crippen molar-refractivity contribution in [3.05, 3.63) is 0 Å². The molecular weight excluding hydrogens is 272 g/mol. The molecule has 0 fully saturated rings. The molecule has 6 N–H and O–H groups in total. The molecular formula is C10H22N4O2S2. The van der Waals surface area contributed by atoms with Crippen LogP contribution in [0.5, 0.6) is 0 Å². The van der Waals surface area contributed by atoms with Gasteiger partial charge in [0.1, 0.15) is 0 Å². The lowest BCUT2D eigenvalue weighted by Gasteiger charge is -2.12. The molecule has 6 nitrogen and oxygen atoms in total. The van der Waals surface area contributed by atoms with Crippen LogP contribution < -0.4 is 22.1 Å². The molecule has 18 heavy (non-hydrogen) atoms. The SMILES string of the molecule is CCNC(=O)[C@@H](N)CSSC[C@H](N)C(=O)NCC. The fourth-order valence-electron chi connectivity index (χ4n) is 1.00. The summed E-state index contributed by atoms with van der Waals surface area (Å²) in [6.07, 6.45) is 0. The van der Waals surface area contributed by atoms with Crippen LogP contribution in [0.15, 0.2) is 0 Å². The van der Waals surface area contributed by atoms with Crippen LogP contribution in [0, 0.1) is 0 Å². The monoisotopic (exact) mass is 294 g/mol. The molecule has 0 saturated carbocycles. The van der Waals surface area contributed by atoms with Gasteiger partial charge in [-0.15, -0.1) is 0 Å². The molecule has 0 aliphatic rings. The van der Waals surface area contributed by atoms with Crippen LogP contribution in [-0.4, -0.2) is 48.5 Å². The van der Waals surface area contributed by atoms with Gasteiger partial charge in [0.05, 0.1) is 12.1 Å². The zero-order chi connectivity index (χ0) is 14.0. The van der Waals surface area contributed by atoms with Gasteiger partial charge in [0.25, 0.3) is 0 Å². The first-order valence-electron chi connectivity index (χ1n) is 5.83. The summed E-state index contributed by atoms with van der Waals surface area (Å²) in [4.78, 5) is 22.6. The molecule has 2 amide bonds. The van der Waals surface area contributed by atoms with Crippen LogP contribution in [-0.2, 0) is 9.59 Å². The summed E-state index contributed by atoms with van der Waals surface area (Å²) in [6, 6.07) is -1.05. The van der Waals surface area contributed by atoms with Gasteiger partial charge in [0.15, 0.2) is 0 Å². The maximum Gasteiger partial charge on any atom is 0.237 e. The molecule has 8 heteroatoms. The zero-order valence-electron chi connectivity index (χ0n) is 10.8. The Hall–Kier alpha value is -0.440. The van der Waals surface area contributed by atoms with E-state index in [1.165, 1.54) is 21.6 Å². The molecule has 0 heterocycles. The molecule has 0 aromatic heterocycles. The number of rotatable bonds is 9. The normalized spacial score (nSPS) is 13.8. The molecule has 0 aromatic carbocycles. The van der Waals surface area contributed by atoms with E-state index in [1.807, 2.05) is 13.8 Å². The average Bonchev–Trinajstić information content (AvgIpc) is 2.34. The Kier molecular flexibility index (Phi) is 10.2. The van der Waals surface area contributed by atoms with Gasteiger partial charge >= 0.3 is 0 Å². The lowest BCUT2D eigenvalue weighted by atomic mass is 10.3. The number of likely N-dealkylation sites (N-methyl/N-ethyl adjacent to an activating group) is 2. The van der Waals surface area contributed by atoms with Crippen LogP contribution in [0.1, 0.15) is 13.8 Å². The molecule has 0 bridgehead atoms. The van der Waals surface area contributed by atoms with E-state index in [9.17, 15) is 9.59 Å². The minimum absolute atomic E-state index is 0.154. The van der Waals surface area contributed by atoms with E-state index in [1.54, 1.807) is 0 Å². The van der Waals surface area contributed by atoms with Crippen LogP contribution in [0.4, 0.5) is 0 Å². The Labute approximate surface area is 116 Å². The second kappa shape index (κ2) is 10.5. The molecule has 0 aliphatic heterocycles. The number of carbonyl (C=O) groups excluding carboxylic acids is 2. The number of amides is 2. The number of nitrogens with one attached hydrogen (secondary N) is 2. The Morgan fingerprint density at radius 2 is 1.28 bits per heavy atom. The lowest BCUT2D eigenvalue weighted by molar-refractivity contribution is -0.122. The third kappa shape index (κ3) is 7.80. The molecule has 0 unspecified atom stereocenters. The molecule has 0 aromatic rings. The molecule has 0 spiro atoms. The number of hydrogen-bond donors (Lipinski definition) is 4. The van der Waals surface area contributed by atoms with E-state index in [0.29, 0.717) is 24.6 Å². The van der Waals surface area contributed by atoms with Crippen molar-refractivity contribution in [2.75, 3.05) is 24.6 Å². The van der Waals surface area contributed by atoms with Gasteiger partial charge in [-0.2, -0.15) is 0 Å². The minimum atomic E-state index is -0.525. The Bertz CT molecular complexity index is 240. The largest absolute Gasteiger partial charge is 0.355 e. The van der Waals surface area contributed by atoms with Gasteiger partial charge in [0.2, 0.25) is 11.8 Å². The van der Waals surface area contributed by atoms with Crippen LogP contribution in [0.2, 0.25) is 0 Å². The van der Waals surface area contributed by atoms with E-state index < -0.39 is 12.1 Å². The molecule has 0 aliphatic carbocycles. The van der Waals surface area contributed by atoms with Gasteiger partial charge in [0, 0.05) is 24.6 Å². The fourth-order valence-corrected chi connectivity index (χ4v) is 3.25. The molecule has 106 valence electrons. The van der Waals surface area contributed by atoms with E-state index >= 15 is 0 Å². The second-order valence-corrected chi connectivity index (χ2v) is 6.12. The van der Waals surface area contributed by atoms with Crippen molar-refractivity contribution in [2.24, 2.45) is 11.5 Å². The summed E-state index contributed by atoms with van der Waals surface area (Å²) < 4.78 is 0. The minimum Gasteiger partial charge on any atom is -0.355 e. The summed E-state index contributed by atoms with van der Waals surface area (Å²) in [5.74, 6) is 0.689. The Morgan fingerprint density at radius 3 is 1.56 bits per heavy atom. The van der Waals surface area contributed by atoms with Crippen LogP contribution in [0.3, 0.4) is 0 Å². The molecule has 0 rings (SSSR count). The van der Waals surface area contributed by atoms with Crippen molar-refractivity contribution in [3.8, 4) is 0 Å². The third-order valence-electron chi connectivity index (χ3n) is 1.95. The van der Waals surface area contributed by atoms with E-state index in [-0.39, 0.29) is 11.8 Å². The smallest absolute Gasteiger partial charge is 0.237 e. The van der Waals surface area contributed by atoms with Gasteiger partial charge < -0.3 is 22.1 Å². The first-order chi connectivity index (χ1) is 8.52. The van der Waals surface area contributed by atoms with Crippen LogP contribution in [0.25, 0.3) is 0 Å². The maximum atomic E-state index is 11.3. The van der Waals surface area contributed by atoms with E-state index in [0.717, 1.165) is 0 Å². The summed E-state index contributed by atoms with van der Waals surface area (Å²) in [5, 5.41) is 5.31. The second-order valence-electron chi connectivity index (χ2n) is 3.57. The predicted molar refractivity (Wildman–Crippen MR) is 78.2 cm³/mol. The highest BCUT2D eigenvalue weighted by Crippen LogP contribution is 2.22. The predicted octanol–water partition coefficient (Wildman–Crippen LogP) is -0.705. The maximum absolute atomic E-state index is 11.3. The lowest BCUT2D eigenvalue weighted by Crippen LogP contribution is -2.42. The molecule has 0 saturated heterocycles. The molecule has 0 radical (unpaired) electrons. The van der Waals surface area contributed by atoms with Crippen molar-refractivity contribution >= 4 is 33.4 Å². The highest BCUT2D eigenvalue weighted by atomic mass is 33.1. The van der Waals surface area contributed by atoms with Crippen molar-refractivity contribution in [1.29, 1.82) is 0 Å². The summed E-state index contributed by atoms with van der Waals surface area (Å²) in [6.45, 7) is 4.84.